The fraction of sp³-hybridized carbons (Fsp3) is 0.100. The summed E-state index contributed by atoms with van der Waals surface area (Å²) in [6.07, 6.45) is 1.60. The molecule has 1 aromatic heterocycles. The summed E-state index contributed by atoms with van der Waals surface area (Å²) in [4.78, 5) is 4.14. The van der Waals surface area contributed by atoms with Gasteiger partial charge < -0.3 is 10.3 Å². The van der Waals surface area contributed by atoms with E-state index in [2.05, 4.69) is 10.2 Å². The SMILES string of the molecule is CB(O)Nc1cnc2ccc(F)cc2c1. The van der Waals surface area contributed by atoms with Crippen LogP contribution in [0.3, 0.4) is 0 Å². The summed E-state index contributed by atoms with van der Waals surface area (Å²) in [6, 6.07) is 6.15. The topological polar surface area (TPSA) is 45.1 Å². The molecular weight excluding hydrogens is 194 g/mol. The van der Waals surface area contributed by atoms with Gasteiger partial charge in [0.05, 0.1) is 5.52 Å². The Balaban J connectivity index is 2.45. The monoisotopic (exact) mass is 204 g/mol. The van der Waals surface area contributed by atoms with Crippen LogP contribution in [0, 0.1) is 5.82 Å². The van der Waals surface area contributed by atoms with Gasteiger partial charge >= 0.3 is 7.05 Å². The van der Waals surface area contributed by atoms with E-state index in [9.17, 15) is 4.39 Å². The van der Waals surface area contributed by atoms with Crippen LogP contribution < -0.4 is 5.23 Å². The van der Waals surface area contributed by atoms with Crippen molar-refractivity contribution in [1.29, 1.82) is 0 Å². The van der Waals surface area contributed by atoms with Crippen molar-refractivity contribution < 1.29 is 9.41 Å². The van der Waals surface area contributed by atoms with Crippen LogP contribution in [0.25, 0.3) is 10.9 Å². The van der Waals surface area contributed by atoms with Crippen molar-refractivity contribution in [3.8, 4) is 0 Å². The maximum atomic E-state index is 12.9. The van der Waals surface area contributed by atoms with Crippen LogP contribution in [0.4, 0.5) is 10.1 Å². The van der Waals surface area contributed by atoms with E-state index in [-0.39, 0.29) is 5.82 Å². The highest BCUT2D eigenvalue weighted by atomic mass is 19.1. The maximum Gasteiger partial charge on any atom is 0.406 e. The molecule has 0 aliphatic carbocycles. The molecule has 0 aliphatic rings. The summed E-state index contributed by atoms with van der Waals surface area (Å²) in [5.41, 5.74) is 1.40. The number of nitrogens with zero attached hydrogens (tertiary/aromatic N) is 1. The fourth-order valence-corrected chi connectivity index (χ4v) is 1.42. The van der Waals surface area contributed by atoms with Crippen molar-refractivity contribution in [2.75, 3.05) is 5.23 Å². The predicted octanol–water partition coefficient (Wildman–Crippen LogP) is 1.90. The van der Waals surface area contributed by atoms with E-state index in [1.54, 1.807) is 25.2 Å². The quantitative estimate of drug-likeness (QED) is 0.734. The Kier molecular flexibility index (Phi) is 2.56. The van der Waals surface area contributed by atoms with E-state index < -0.39 is 7.05 Å². The van der Waals surface area contributed by atoms with Crippen molar-refractivity contribution in [2.24, 2.45) is 0 Å². The lowest BCUT2D eigenvalue weighted by atomic mass is 9.88. The summed E-state index contributed by atoms with van der Waals surface area (Å²) < 4.78 is 12.9. The van der Waals surface area contributed by atoms with Crippen molar-refractivity contribution in [3.05, 3.63) is 36.3 Å². The third-order valence-electron chi connectivity index (χ3n) is 2.02. The van der Waals surface area contributed by atoms with Gasteiger partial charge in [0.15, 0.2) is 0 Å². The molecule has 0 unspecified atom stereocenters. The normalized spacial score (nSPS) is 10.3. The van der Waals surface area contributed by atoms with Gasteiger partial charge in [-0.2, -0.15) is 0 Å². The van der Waals surface area contributed by atoms with Crippen LogP contribution in [0.5, 0.6) is 0 Å². The van der Waals surface area contributed by atoms with Gasteiger partial charge in [0, 0.05) is 17.3 Å². The summed E-state index contributed by atoms with van der Waals surface area (Å²) in [5.74, 6) is -0.293. The first-order valence-corrected chi connectivity index (χ1v) is 4.65. The van der Waals surface area contributed by atoms with Crippen molar-refractivity contribution in [1.82, 2.24) is 4.98 Å². The molecule has 0 saturated carbocycles. The molecule has 0 spiro atoms. The Labute approximate surface area is 87.1 Å². The summed E-state index contributed by atoms with van der Waals surface area (Å²) in [7, 11) is -0.655. The number of aromatic nitrogens is 1. The van der Waals surface area contributed by atoms with Gasteiger partial charge in [0.25, 0.3) is 0 Å². The molecule has 0 atom stereocenters. The molecule has 0 bridgehead atoms. The Hall–Kier alpha value is -1.62. The number of fused-ring (bicyclic) bond motifs is 1. The largest absolute Gasteiger partial charge is 0.433 e. The molecule has 0 radical (unpaired) electrons. The Bertz CT molecular complexity index is 490. The van der Waals surface area contributed by atoms with E-state index in [1.165, 1.54) is 12.1 Å². The van der Waals surface area contributed by atoms with E-state index in [0.29, 0.717) is 11.1 Å². The Morgan fingerprint density at radius 1 is 1.40 bits per heavy atom. The number of benzene rings is 1. The number of hydrogen-bond acceptors (Lipinski definition) is 3. The van der Waals surface area contributed by atoms with Crippen molar-refractivity contribution >= 4 is 23.6 Å². The van der Waals surface area contributed by atoms with E-state index in [1.807, 2.05) is 0 Å². The molecule has 2 aromatic rings. The summed E-state index contributed by atoms with van der Waals surface area (Å²) in [5, 5.41) is 12.6. The van der Waals surface area contributed by atoms with Gasteiger partial charge in [-0.05, 0) is 31.1 Å². The maximum absolute atomic E-state index is 12.9. The summed E-state index contributed by atoms with van der Waals surface area (Å²) in [6.45, 7) is 1.61. The Morgan fingerprint density at radius 3 is 2.93 bits per heavy atom. The van der Waals surface area contributed by atoms with Gasteiger partial charge in [-0.3, -0.25) is 4.98 Å². The molecule has 2 N–H and O–H groups in total. The second-order valence-electron chi connectivity index (χ2n) is 3.38. The highest BCUT2D eigenvalue weighted by Crippen LogP contribution is 2.17. The van der Waals surface area contributed by atoms with Gasteiger partial charge in [-0.25, -0.2) is 4.39 Å². The van der Waals surface area contributed by atoms with Crippen molar-refractivity contribution in [3.63, 3.8) is 0 Å². The molecule has 1 aromatic carbocycles. The molecule has 0 amide bonds. The van der Waals surface area contributed by atoms with Crippen LogP contribution in [0.1, 0.15) is 0 Å². The molecule has 0 aliphatic heterocycles. The summed E-state index contributed by atoms with van der Waals surface area (Å²) >= 11 is 0. The second-order valence-corrected chi connectivity index (χ2v) is 3.38. The smallest absolute Gasteiger partial charge is 0.406 e. The standard InChI is InChI=1S/C10H10BFN2O/c1-11(15)14-9-5-7-4-8(12)2-3-10(7)13-6-9/h2-6,14-15H,1H3. The first-order valence-electron chi connectivity index (χ1n) is 4.65. The number of rotatable bonds is 2. The minimum absolute atomic E-state index is 0.293. The Morgan fingerprint density at radius 2 is 2.20 bits per heavy atom. The first kappa shape index (κ1) is 9.92. The van der Waals surface area contributed by atoms with Crippen LogP contribution in [-0.4, -0.2) is 17.1 Å². The van der Waals surface area contributed by atoms with Crippen molar-refractivity contribution in [2.45, 2.75) is 6.82 Å². The molecule has 2 rings (SSSR count). The number of pyridine rings is 1. The first-order chi connectivity index (χ1) is 7.15. The average Bonchev–Trinajstić information content (AvgIpc) is 2.16. The van der Waals surface area contributed by atoms with Crippen LogP contribution in [-0.2, 0) is 0 Å². The average molecular weight is 204 g/mol. The minimum Gasteiger partial charge on any atom is -0.433 e. The number of anilines is 1. The van der Waals surface area contributed by atoms with E-state index >= 15 is 0 Å². The molecule has 3 nitrogen and oxygen atoms in total. The van der Waals surface area contributed by atoms with Gasteiger partial charge in [0.1, 0.15) is 5.82 Å². The van der Waals surface area contributed by atoms with E-state index in [0.717, 1.165) is 5.52 Å². The zero-order valence-electron chi connectivity index (χ0n) is 8.24. The lowest BCUT2D eigenvalue weighted by Crippen LogP contribution is -2.19. The van der Waals surface area contributed by atoms with Crippen LogP contribution >= 0.6 is 0 Å². The zero-order chi connectivity index (χ0) is 10.8. The van der Waals surface area contributed by atoms with Gasteiger partial charge in [-0.1, -0.05) is 0 Å². The predicted molar refractivity (Wildman–Crippen MR) is 59.2 cm³/mol. The molecule has 5 heteroatoms. The van der Waals surface area contributed by atoms with Crippen LogP contribution in [0.2, 0.25) is 6.82 Å². The lowest BCUT2D eigenvalue weighted by molar-refractivity contribution is 0.587. The van der Waals surface area contributed by atoms with E-state index in [4.69, 9.17) is 5.02 Å². The molecule has 0 saturated heterocycles. The number of halogens is 1. The molecule has 76 valence electrons. The molecule has 1 heterocycles. The lowest BCUT2D eigenvalue weighted by Gasteiger charge is -2.06. The molecular formula is C10H10BFN2O. The fourth-order valence-electron chi connectivity index (χ4n) is 1.42. The number of nitrogens with one attached hydrogen (secondary N) is 1. The van der Waals surface area contributed by atoms with Crippen LogP contribution in [0.15, 0.2) is 30.5 Å². The zero-order valence-corrected chi connectivity index (χ0v) is 8.24. The minimum atomic E-state index is -0.655. The molecule has 0 fully saturated rings. The molecule has 15 heavy (non-hydrogen) atoms. The highest BCUT2D eigenvalue weighted by Gasteiger charge is 2.04. The second kappa shape index (κ2) is 3.86. The number of hydrogen-bond donors (Lipinski definition) is 2. The van der Waals surface area contributed by atoms with Gasteiger partial charge in [-0.15, -0.1) is 0 Å². The highest BCUT2D eigenvalue weighted by molar-refractivity contribution is 6.52. The third-order valence-corrected chi connectivity index (χ3v) is 2.02. The third kappa shape index (κ3) is 2.25. The van der Waals surface area contributed by atoms with Gasteiger partial charge in [0.2, 0.25) is 0 Å².